The Balaban J connectivity index is 1.72. The summed E-state index contributed by atoms with van der Waals surface area (Å²) >= 11 is 7.84. The summed E-state index contributed by atoms with van der Waals surface area (Å²) in [6, 6.07) is 11.3. The smallest absolute Gasteiger partial charge is 0.340 e. The Morgan fingerprint density at radius 3 is 2.80 bits per heavy atom. The zero-order valence-corrected chi connectivity index (χ0v) is 20.5. The summed E-state index contributed by atoms with van der Waals surface area (Å²) in [6.07, 6.45) is 3.15. The van der Waals surface area contributed by atoms with Crippen molar-refractivity contribution >= 4 is 71.0 Å². The molecule has 1 heterocycles. The second kappa shape index (κ2) is 10.1. The van der Waals surface area contributed by atoms with E-state index in [0.717, 1.165) is 12.8 Å². The van der Waals surface area contributed by atoms with Gasteiger partial charge in [0, 0.05) is 8.95 Å². The number of rotatable bonds is 7. The maximum absolute atomic E-state index is 12.6. The number of carbonyl (C=O) groups is 1. The number of nitrogens with one attached hydrogen (secondary N) is 1. The van der Waals surface area contributed by atoms with Gasteiger partial charge in [0.05, 0.1) is 11.5 Å². The molecule has 3 rings (SSSR count). The van der Waals surface area contributed by atoms with E-state index in [1.807, 2.05) is 6.92 Å². The van der Waals surface area contributed by atoms with Crippen LogP contribution in [0, 0.1) is 0 Å². The van der Waals surface area contributed by atoms with Gasteiger partial charge in [0.2, 0.25) is 5.91 Å². The Labute approximate surface area is 195 Å². The number of hydrogen-bond acceptors (Lipinski definition) is 7. The molecule has 0 aliphatic carbocycles. The fourth-order valence-corrected chi connectivity index (χ4v) is 5.96. The Bertz CT molecular complexity index is 1120. The summed E-state index contributed by atoms with van der Waals surface area (Å²) in [6.45, 7) is 2.02. The lowest BCUT2D eigenvalue weighted by molar-refractivity contribution is -0.118. The highest BCUT2D eigenvalue weighted by atomic mass is 79.9. The predicted molar refractivity (Wildman–Crippen MR) is 126 cm³/mol. The zero-order valence-electron chi connectivity index (χ0n) is 15.7. The molecule has 2 aromatic rings. The summed E-state index contributed by atoms with van der Waals surface area (Å²) < 4.78 is 31.5. The molecule has 0 bridgehead atoms. The fourth-order valence-electron chi connectivity index (χ4n) is 2.54. The van der Waals surface area contributed by atoms with Gasteiger partial charge in [0.15, 0.2) is 5.17 Å². The van der Waals surface area contributed by atoms with E-state index < -0.39 is 10.1 Å². The molecule has 0 spiro atoms. The van der Waals surface area contributed by atoms with Crippen molar-refractivity contribution in [2.75, 3.05) is 0 Å². The van der Waals surface area contributed by atoms with E-state index >= 15 is 0 Å². The molecular weight excluding hydrogens is 558 g/mol. The van der Waals surface area contributed by atoms with Crippen LogP contribution in [-0.4, -0.2) is 31.0 Å². The molecule has 1 saturated heterocycles. The maximum atomic E-state index is 12.6. The second-order valence-corrected chi connectivity index (χ2v) is 10.7. The minimum atomic E-state index is -4.03. The van der Waals surface area contributed by atoms with Gasteiger partial charge in [-0.2, -0.15) is 13.5 Å². The van der Waals surface area contributed by atoms with Crippen molar-refractivity contribution in [3.8, 4) is 5.75 Å². The quantitative estimate of drug-likeness (QED) is 0.294. The Morgan fingerprint density at radius 2 is 2.03 bits per heavy atom. The SMILES string of the molecule is CCC[C@H]1S/C(=N\N=C/c2cccc(OS(=O)(=O)c3cc(Br)ccc3Br)c2)NC1=O. The molecule has 1 aliphatic rings. The van der Waals surface area contributed by atoms with Crippen molar-refractivity contribution < 1.29 is 17.4 Å². The Morgan fingerprint density at radius 1 is 1.23 bits per heavy atom. The van der Waals surface area contributed by atoms with Crippen LogP contribution in [-0.2, 0) is 14.9 Å². The Kier molecular flexibility index (Phi) is 7.72. The van der Waals surface area contributed by atoms with Gasteiger partial charge in [0.1, 0.15) is 10.6 Å². The van der Waals surface area contributed by atoms with Gasteiger partial charge in [-0.25, -0.2) is 0 Å². The van der Waals surface area contributed by atoms with Crippen LogP contribution < -0.4 is 9.50 Å². The minimum absolute atomic E-state index is 0.0120. The van der Waals surface area contributed by atoms with E-state index in [-0.39, 0.29) is 21.8 Å². The number of thioether (sulfide) groups is 1. The zero-order chi connectivity index (χ0) is 21.7. The van der Waals surface area contributed by atoms with Crippen molar-refractivity contribution in [1.29, 1.82) is 0 Å². The van der Waals surface area contributed by atoms with Gasteiger partial charge in [-0.05, 0) is 58.2 Å². The molecule has 30 heavy (non-hydrogen) atoms. The van der Waals surface area contributed by atoms with Gasteiger partial charge in [0.25, 0.3) is 0 Å². The minimum Gasteiger partial charge on any atom is -0.379 e. The first-order valence-corrected chi connectivity index (χ1v) is 12.7. The molecule has 1 aliphatic heterocycles. The number of nitrogens with zero attached hydrogens (tertiary/aromatic N) is 2. The van der Waals surface area contributed by atoms with Crippen LogP contribution in [0.15, 0.2) is 66.5 Å². The van der Waals surface area contributed by atoms with Crippen molar-refractivity contribution in [3.63, 3.8) is 0 Å². The third kappa shape index (κ3) is 5.93. The lowest BCUT2D eigenvalue weighted by Gasteiger charge is -2.09. The van der Waals surface area contributed by atoms with Crippen LogP contribution >= 0.6 is 43.6 Å². The highest BCUT2D eigenvalue weighted by molar-refractivity contribution is 9.11. The average molecular weight is 575 g/mol. The lowest BCUT2D eigenvalue weighted by atomic mass is 10.2. The summed E-state index contributed by atoms with van der Waals surface area (Å²) in [5.74, 6) is 0.0835. The summed E-state index contributed by atoms with van der Waals surface area (Å²) in [4.78, 5) is 11.8. The molecule has 0 aromatic heterocycles. The number of halogens is 2. The van der Waals surface area contributed by atoms with E-state index in [0.29, 0.717) is 19.7 Å². The number of amidine groups is 1. The van der Waals surface area contributed by atoms with Crippen molar-refractivity contribution in [1.82, 2.24) is 5.32 Å². The third-order valence-electron chi connectivity index (χ3n) is 3.91. The predicted octanol–water partition coefficient (Wildman–Crippen LogP) is 4.70. The van der Waals surface area contributed by atoms with Gasteiger partial charge < -0.3 is 9.50 Å². The van der Waals surface area contributed by atoms with E-state index in [1.54, 1.807) is 24.3 Å². The van der Waals surface area contributed by atoms with Crippen molar-refractivity contribution in [2.24, 2.45) is 10.2 Å². The van der Waals surface area contributed by atoms with Gasteiger partial charge in [-0.3, -0.25) is 4.79 Å². The molecule has 1 N–H and O–H groups in total. The van der Waals surface area contributed by atoms with Crippen LogP contribution in [0.2, 0.25) is 0 Å². The topological polar surface area (TPSA) is 97.2 Å². The number of hydrogen-bond donors (Lipinski definition) is 1. The molecule has 7 nitrogen and oxygen atoms in total. The molecule has 1 amide bonds. The molecule has 11 heteroatoms. The molecular formula is C19H17Br2N3O4S2. The maximum Gasteiger partial charge on any atom is 0.340 e. The van der Waals surface area contributed by atoms with Crippen LogP contribution in [0.25, 0.3) is 0 Å². The standard InChI is InChI=1S/C19H17Br2N3O4S2/c1-2-4-16-18(25)23-19(29-16)24-22-11-12-5-3-6-14(9-12)28-30(26,27)17-10-13(20)7-8-15(17)21/h3,5-11,16H,2,4H2,1H3,(H,23,24,25)/b22-11-/t16-/m1/s1. The van der Waals surface area contributed by atoms with E-state index in [9.17, 15) is 13.2 Å². The molecule has 0 radical (unpaired) electrons. The van der Waals surface area contributed by atoms with Gasteiger partial charge >= 0.3 is 10.1 Å². The fraction of sp³-hybridized carbons (Fsp3) is 0.211. The van der Waals surface area contributed by atoms with Crippen LogP contribution in [0.1, 0.15) is 25.3 Å². The number of benzene rings is 2. The first-order valence-electron chi connectivity index (χ1n) is 8.86. The van der Waals surface area contributed by atoms with Crippen molar-refractivity contribution in [2.45, 2.75) is 29.9 Å². The van der Waals surface area contributed by atoms with E-state index in [2.05, 4.69) is 47.4 Å². The van der Waals surface area contributed by atoms with Crippen molar-refractivity contribution in [3.05, 3.63) is 57.0 Å². The monoisotopic (exact) mass is 573 g/mol. The van der Waals surface area contributed by atoms with E-state index in [1.165, 1.54) is 36.2 Å². The first-order chi connectivity index (χ1) is 14.3. The lowest BCUT2D eigenvalue weighted by Crippen LogP contribution is -2.24. The van der Waals surface area contributed by atoms with E-state index in [4.69, 9.17) is 4.18 Å². The van der Waals surface area contributed by atoms with Crippen LogP contribution in [0.5, 0.6) is 5.75 Å². The van der Waals surface area contributed by atoms with Crippen LogP contribution in [0.3, 0.4) is 0 Å². The molecule has 0 unspecified atom stereocenters. The highest BCUT2D eigenvalue weighted by Gasteiger charge is 2.29. The number of amides is 1. The first kappa shape index (κ1) is 23.0. The molecule has 2 aromatic carbocycles. The largest absolute Gasteiger partial charge is 0.379 e. The summed E-state index contributed by atoms with van der Waals surface area (Å²) in [7, 11) is -4.03. The average Bonchev–Trinajstić information content (AvgIpc) is 3.03. The van der Waals surface area contributed by atoms with Crippen LogP contribution in [0.4, 0.5) is 0 Å². The van der Waals surface area contributed by atoms with Gasteiger partial charge in [-0.1, -0.05) is 53.2 Å². The van der Waals surface area contributed by atoms with Gasteiger partial charge in [-0.15, -0.1) is 5.10 Å². The molecule has 158 valence electrons. The summed E-state index contributed by atoms with van der Waals surface area (Å²) in [5.41, 5.74) is 0.597. The molecule has 1 atom stereocenters. The molecule has 1 fully saturated rings. The highest BCUT2D eigenvalue weighted by Crippen LogP contribution is 2.28. The Hall–Kier alpha value is -1.69. The normalized spacial score (nSPS) is 18.2. The third-order valence-corrected chi connectivity index (χ3v) is 7.79. The molecule has 0 saturated carbocycles. The summed E-state index contributed by atoms with van der Waals surface area (Å²) in [5, 5.41) is 11.0. The number of carbonyl (C=O) groups excluding carboxylic acids is 1. The second-order valence-electron chi connectivity index (χ2n) is 6.22.